The first kappa shape index (κ1) is 37.3. The van der Waals surface area contributed by atoms with Crippen LogP contribution in [0.1, 0.15) is 0 Å². The van der Waals surface area contributed by atoms with Crippen molar-refractivity contribution in [2.45, 2.75) is 0 Å². The minimum atomic E-state index is 0.883. The Kier molecular flexibility index (Phi) is 7.52. The number of hydrogen-bond acceptors (Lipinski definition) is 3. The van der Waals surface area contributed by atoms with Crippen LogP contribution in [0.4, 0.5) is 0 Å². The summed E-state index contributed by atoms with van der Waals surface area (Å²) in [6.45, 7) is 0. The first-order valence-corrected chi connectivity index (χ1v) is 24.5. The van der Waals surface area contributed by atoms with E-state index in [0.29, 0.717) is 0 Å². The highest BCUT2D eigenvalue weighted by Gasteiger charge is 2.24. The molecular formula is C66H36O2S. The van der Waals surface area contributed by atoms with Crippen molar-refractivity contribution in [1.29, 1.82) is 0 Å². The molecule has 0 fully saturated rings. The number of furan rings is 2. The molecule has 0 bridgehead atoms. The second kappa shape index (κ2) is 13.9. The van der Waals surface area contributed by atoms with Crippen molar-refractivity contribution < 1.29 is 8.83 Å². The SMILES string of the molecule is c1cc(-c2cccc3c2oc2c3ccc3c4ccccc4c4ccccc4c32)cc(-c2c(-c3cccc4oc5c(ccc6c7ccccc7c7ccccc7c65)c34)ccc3c2sc2ccccc23)c1. The second-order valence-corrected chi connectivity index (χ2v) is 19.6. The number of fused-ring (bicyclic) bond motifs is 23. The van der Waals surface area contributed by atoms with E-state index >= 15 is 0 Å². The summed E-state index contributed by atoms with van der Waals surface area (Å²) < 4.78 is 16.8. The van der Waals surface area contributed by atoms with E-state index in [1.165, 1.54) is 85.2 Å². The molecule has 0 saturated heterocycles. The van der Waals surface area contributed by atoms with Crippen molar-refractivity contribution >= 4 is 140 Å². The largest absolute Gasteiger partial charge is 0.455 e. The van der Waals surface area contributed by atoms with Crippen LogP contribution in [0.2, 0.25) is 0 Å². The molecule has 0 aliphatic rings. The van der Waals surface area contributed by atoms with Crippen LogP contribution < -0.4 is 0 Å². The molecule has 16 aromatic rings. The smallest absolute Gasteiger partial charge is 0.143 e. The summed E-state index contributed by atoms with van der Waals surface area (Å²) in [6.07, 6.45) is 0. The average molecular weight is 893 g/mol. The molecule has 13 aromatic carbocycles. The van der Waals surface area contributed by atoms with Gasteiger partial charge in [0.1, 0.15) is 22.3 Å². The van der Waals surface area contributed by atoms with Gasteiger partial charge in [-0.3, -0.25) is 0 Å². The lowest BCUT2D eigenvalue weighted by Crippen LogP contribution is -1.89. The van der Waals surface area contributed by atoms with Gasteiger partial charge in [0.25, 0.3) is 0 Å². The molecule has 3 heterocycles. The Morgan fingerprint density at radius 3 is 1.41 bits per heavy atom. The van der Waals surface area contributed by atoms with Gasteiger partial charge < -0.3 is 8.83 Å². The van der Waals surface area contributed by atoms with E-state index < -0.39 is 0 Å². The highest BCUT2D eigenvalue weighted by atomic mass is 32.1. The molecule has 0 spiro atoms. The summed E-state index contributed by atoms with van der Waals surface area (Å²) in [5, 5.41) is 21.6. The molecule has 0 N–H and O–H groups in total. The number of benzene rings is 13. The second-order valence-electron chi connectivity index (χ2n) is 18.5. The quantitative estimate of drug-likeness (QED) is 0.165. The lowest BCUT2D eigenvalue weighted by atomic mass is 9.88. The summed E-state index contributed by atoms with van der Waals surface area (Å²) in [4.78, 5) is 0. The van der Waals surface area contributed by atoms with E-state index in [2.05, 4.69) is 218 Å². The zero-order chi connectivity index (χ0) is 44.9. The highest BCUT2D eigenvalue weighted by molar-refractivity contribution is 7.26. The van der Waals surface area contributed by atoms with E-state index in [9.17, 15) is 0 Å². The molecule has 0 amide bonds. The molecule has 16 rings (SSSR count). The van der Waals surface area contributed by atoms with Crippen molar-refractivity contribution in [3.05, 3.63) is 218 Å². The van der Waals surface area contributed by atoms with Crippen LogP contribution in [0.25, 0.3) is 162 Å². The van der Waals surface area contributed by atoms with Crippen LogP contribution >= 0.6 is 11.3 Å². The molecule has 318 valence electrons. The van der Waals surface area contributed by atoms with Crippen LogP contribution in [-0.4, -0.2) is 0 Å². The molecule has 0 aliphatic heterocycles. The van der Waals surface area contributed by atoms with Gasteiger partial charge in [-0.2, -0.15) is 0 Å². The van der Waals surface area contributed by atoms with Gasteiger partial charge in [-0.15, -0.1) is 11.3 Å². The Morgan fingerprint density at radius 1 is 0.261 bits per heavy atom. The van der Waals surface area contributed by atoms with E-state index in [-0.39, 0.29) is 0 Å². The van der Waals surface area contributed by atoms with Crippen molar-refractivity contribution in [1.82, 2.24) is 0 Å². The van der Waals surface area contributed by atoms with Gasteiger partial charge in [-0.1, -0.05) is 188 Å². The Labute approximate surface area is 398 Å². The van der Waals surface area contributed by atoms with Crippen molar-refractivity contribution in [2.75, 3.05) is 0 Å². The highest BCUT2D eigenvalue weighted by Crippen LogP contribution is 2.50. The van der Waals surface area contributed by atoms with Crippen LogP contribution in [-0.2, 0) is 0 Å². The van der Waals surface area contributed by atoms with E-state index in [4.69, 9.17) is 8.83 Å². The first-order valence-electron chi connectivity index (χ1n) is 23.7. The maximum atomic E-state index is 7.21. The van der Waals surface area contributed by atoms with Crippen LogP contribution in [0.3, 0.4) is 0 Å². The fourth-order valence-corrected chi connectivity index (χ4v) is 13.4. The minimum Gasteiger partial charge on any atom is -0.455 e. The van der Waals surface area contributed by atoms with Crippen LogP contribution in [0.5, 0.6) is 0 Å². The van der Waals surface area contributed by atoms with Crippen molar-refractivity contribution in [3.8, 4) is 33.4 Å². The topological polar surface area (TPSA) is 26.3 Å². The molecule has 0 unspecified atom stereocenters. The fourth-order valence-electron chi connectivity index (χ4n) is 12.1. The first-order chi connectivity index (χ1) is 34.2. The predicted molar refractivity (Wildman–Crippen MR) is 295 cm³/mol. The maximum Gasteiger partial charge on any atom is 0.143 e. The van der Waals surface area contributed by atoms with Crippen molar-refractivity contribution in [2.24, 2.45) is 0 Å². The normalized spacial score (nSPS) is 12.3. The third-order valence-electron chi connectivity index (χ3n) is 15.0. The molecule has 3 aromatic heterocycles. The van der Waals surface area contributed by atoms with Crippen LogP contribution in [0, 0.1) is 0 Å². The molecule has 3 heteroatoms. The maximum absolute atomic E-state index is 7.21. The number of rotatable bonds is 3. The zero-order valence-electron chi connectivity index (χ0n) is 37.0. The standard InChI is InChI=1S/C66H36O2S/c1-3-20-44-40(16-1)42-18-5-7-23-47(42)61-50(44)30-33-54-53-27-12-25-39(63(53)68-64(54)61)37-14-11-15-38(36-37)59-52(31-34-55-46-22-9-10-29-58(46)69-66(55)59)49-26-13-28-57-60(49)56-35-32-51-45-21-4-2-17-41(45)43-19-6-8-24-48(43)62(51)65(56)67-57/h1-36H. The van der Waals surface area contributed by atoms with Gasteiger partial charge in [-0.25, -0.2) is 0 Å². The minimum absolute atomic E-state index is 0.883. The lowest BCUT2D eigenvalue weighted by molar-refractivity contribution is 0.673. The molecule has 69 heavy (non-hydrogen) atoms. The van der Waals surface area contributed by atoms with Gasteiger partial charge in [-0.05, 0) is 106 Å². The van der Waals surface area contributed by atoms with Gasteiger partial charge in [0.2, 0.25) is 0 Å². The fraction of sp³-hybridized carbons (Fsp3) is 0. The van der Waals surface area contributed by atoms with Gasteiger partial charge in [0, 0.05) is 63.6 Å². The average Bonchev–Trinajstić information content (AvgIpc) is 4.12. The lowest BCUT2D eigenvalue weighted by Gasteiger charge is -2.15. The van der Waals surface area contributed by atoms with Crippen molar-refractivity contribution in [3.63, 3.8) is 0 Å². The zero-order valence-corrected chi connectivity index (χ0v) is 37.8. The molecule has 0 radical (unpaired) electrons. The molecule has 2 nitrogen and oxygen atoms in total. The number of para-hydroxylation sites is 1. The van der Waals surface area contributed by atoms with E-state index in [0.717, 1.165) is 76.9 Å². The Morgan fingerprint density at radius 2 is 0.725 bits per heavy atom. The Bertz CT molecular complexity index is 4840. The third-order valence-corrected chi connectivity index (χ3v) is 16.2. The third kappa shape index (κ3) is 5.09. The van der Waals surface area contributed by atoms with Gasteiger partial charge in [0.05, 0.1) is 0 Å². The Balaban J connectivity index is 0.951. The summed E-state index contributed by atoms with van der Waals surface area (Å²) >= 11 is 1.88. The number of thiophene rings is 1. The molecule has 0 saturated carbocycles. The molecule has 0 atom stereocenters. The van der Waals surface area contributed by atoms with E-state index in [1.807, 2.05) is 11.3 Å². The monoisotopic (exact) mass is 892 g/mol. The van der Waals surface area contributed by atoms with Gasteiger partial charge in [0.15, 0.2) is 0 Å². The summed E-state index contributed by atoms with van der Waals surface area (Å²) in [7, 11) is 0. The summed E-state index contributed by atoms with van der Waals surface area (Å²) in [5.41, 5.74) is 10.5. The number of hydrogen-bond donors (Lipinski definition) is 0. The summed E-state index contributed by atoms with van der Waals surface area (Å²) in [5.74, 6) is 0. The van der Waals surface area contributed by atoms with Crippen LogP contribution in [0.15, 0.2) is 227 Å². The van der Waals surface area contributed by atoms with E-state index in [1.54, 1.807) is 0 Å². The van der Waals surface area contributed by atoms with Gasteiger partial charge >= 0.3 is 0 Å². The molecule has 0 aliphatic carbocycles. The summed E-state index contributed by atoms with van der Waals surface area (Å²) in [6, 6.07) is 80.0. The Hall–Kier alpha value is -8.76. The molecular weight excluding hydrogens is 857 g/mol. The predicted octanol–water partition coefficient (Wildman–Crippen LogP) is 19.8.